The minimum Gasteiger partial charge on any atom is -0.455 e. The van der Waals surface area contributed by atoms with E-state index in [0.717, 1.165) is 0 Å². The van der Waals surface area contributed by atoms with E-state index in [0.29, 0.717) is 6.42 Å². The van der Waals surface area contributed by atoms with Crippen molar-refractivity contribution in [2.24, 2.45) is 0 Å². The maximum Gasteiger partial charge on any atom is 0.422 e. The second kappa shape index (κ2) is 5.43. The summed E-state index contributed by atoms with van der Waals surface area (Å²) in [6.45, 7) is -0.301. The number of rotatable bonds is 4. The molecule has 0 aromatic rings. The maximum absolute atomic E-state index is 11.8. The van der Waals surface area contributed by atoms with Crippen molar-refractivity contribution >= 4 is 15.8 Å². The Balaban J connectivity index is 2.37. The van der Waals surface area contributed by atoms with Crippen LogP contribution in [-0.4, -0.2) is 50.8 Å². The summed E-state index contributed by atoms with van der Waals surface area (Å²) in [5.74, 6) is -1.13. The van der Waals surface area contributed by atoms with Gasteiger partial charge in [0.25, 0.3) is 0 Å². The molecule has 0 radical (unpaired) electrons. The Kier molecular flexibility index (Phi) is 4.60. The molecule has 0 aliphatic carbocycles. The highest BCUT2D eigenvalue weighted by Gasteiger charge is 2.33. The fourth-order valence-electron chi connectivity index (χ4n) is 1.63. The highest BCUT2D eigenvalue weighted by Crippen LogP contribution is 2.15. The van der Waals surface area contributed by atoms with Crippen LogP contribution in [0.25, 0.3) is 0 Å². The van der Waals surface area contributed by atoms with E-state index in [-0.39, 0.29) is 11.5 Å². The molecule has 0 unspecified atom stereocenters. The largest absolute Gasteiger partial charge is 0.455 e. The van der Waals surface area contributed by atoms with E-state index < -0.39 is 40.7 Å². The number of hydrogen-bond donors (Lipinski definition) is 1. The zero-order chi connectivity index (χ0) is 14.0. The number of halogens is 3. The van der Waals surface area contributed by atoms with Crippen molar-refractivity contribution in [2.45, 2.75) is 31.6 Å². The normalized spacial score (nSPS) is 24.8. The van der Waals surface area contributed by atoms with E-state index in [4.69, 9.17) is 0 Å². The van der Waals surface area contributed by atoms with Gasteiger partial charge in [0.2, 0.25) is 0 Å². The average Bonchev–Trinajstić information content (AvgIpc) is 2.53. The predicted octanol–water partition coefficient (Wildman–Crippen LogP) is 0.257. The molecular formula is C9H14F3NO4S. The minimum absolute atomic E-state index is 0.0228. The van der Waals surface area contributed by atoms with Crippen LogP contribution in [0.3, 0.4) is 0 Å². The van der Waals surface area contributed by atoms with Crippen molar-refractivity contribution < 1.29 is 31.1 Å². The topological polar surface area (TPSA) is 72.5 Å². The first-order chi connectivity index (χ1) is 8.09. The van der Waals surface area contributed by atoms with Gasteiger partial charge in [-0.05, 0) is 13.3 Å². The third-order valence-electron chi connectivity index (χ3n) is 2.45. The number of esters is 1. The molecule has 1 fully saturated rings. The number of sulfone groups is 1. The van der Waals surface area contributed by atoms with Gasteiger partial charge in [-0.2, -0.15) is 13.2 Å². The summed E-state index contributed by atoms with van der Waals surface area (Å²) >= 11 is 0. The van der Waals surface area contributed by atoms with Crippen molar-refractivity contribution in [3.63, 3.8) is 0 Å². The van der Waals surface area contributed by atoms with Crippen LogP contribution in [0, 0.1) is 0 Å². The molecule has 1 saturated heterocycles. The Morgan fingerprint density at radius 1 is 1.50 bits per heavy atom. The zero-order valence-corrected chi connectivity index (χ0v) is 10.5. The van der Waals surface area contributed by atoms with Crippen LogP contribution in [-0.2, 0) is 19.4 Å². The van der Waals surface area contributed by atoms with E-state index in [2.05, 4.69) is 10.1 Å². The predicted molar refractivity (Wildman–Crippen MR) is 56.7 cm³/mol. The third-order valence-corrected chi connectivity index (χ3v) is 4.22. The van der Waals surface area contributed by atoms with Gasteiger partial charge >= 0.3 is 12.1 Å². The van der Waals surface area contributed by atoms with Gasteiger partial charge in [-0.25, -0.2) is 8.42 Å². The van der Waals surface area contributed by atoms with E-state index in [1.807, 2.05) is 0 Å². The molecule has 0 spiro atoms. The smallest absolute Gasteiger partial charge is 0.422 e. The Morgan fingerprint density at radius 3 is 2.56 bits per heavy atom. The summed E-state index contributed by atoms with van der Waals surface area (Å²) in [7, 11) is -3.10. The molecule has 1 heterocycles. The quantitative estimate of drug-likeness (QED) is 0.751. The van der Waals surface area contributed by atoms with Crippen LogP contribution >= 0.6 is 0 Å². The molecule has 18 heavy (non-hydrogen) atoms. The summed E-state index contributed by atoms with van der Waals surface area (Å²) in [5, 5.41) is 2.65. The molecule has 1 aliphatic rings. The Labute approximate surface area is 103 Å². The minimum atomic E-state index is -4.56. The molecule has 2 atom stereocenters. The van der Waals surface area contributed by atoms with Crippen molar-refractivity contribution in [3.05, 3.63) is 0 Å². The fraction of sp³-hybridized carbons (Fsp3) is 0.889. The first-order valence-corrected chi connectivity index (χ1v) is 7.11. The molecule has 5 nitrogen and oxygen atoms in total. The molecule has 0 amide bonds. The molecule has 1 aliphatic heterocycles. The van der Waals surface area contributed by atoms with Crippen LogP contribution in [0.15, 0.2) is 0 Å². The first-order valence-electron chi connectivity index (χ1n) is 5.29. The van der Waals surface area contributed by atoms with Crippen LogP contribution in [0.5, 0.6) is 0 Å². The molecule has 0 aromatic heterocycles. The van der Waals surface area contributed by atoms with E-state index in [1.54, 1.807) is 0 Å². The lowest BCUT2D eigenvalue weighted by Gasteiger charge is -2.17. The van der Waals surface area contributed by atoms with Gasteiger partial charge in [-0.1, -0.05) is 0 Å². The van der Waals surface area contributed by atoms with Crippen LogP contribution in [0.2, 0.25) is 0 Å². The number of hydrogen-bond acceptors (Lipinski definition) is 5. The SMILES string of the molecule is C[C@H](N[C@H]1CCS(=O)(=O)C1)C(=O)OCC(F)(F)F. The molecule has 9 heteroatoms. The zero-order valence-electron chi connectivity index (χ0n) is 9.66. The molecule has 1 rings (SSSR count). The third kappa shape index (κ3) is 5.21. The molecular weight excluding hydrogens is 275 g/mol. The van der Waals surface area contributed by atoms with E-state index in [1.165, 1.54) is 6.92 Å². The summed E-state index contributed by atoms with van der Waals surface area (Å²) in [4.78, 5) is 11.2. The summed E-state index contributed by atoms with van der Waals surface area (Å²) in [6.07, 6.45) is -4.22. The number of carbonyl (C=O) groups is 1. The van der Waals surface area contributed by atoms with Crippen LogP contribution in [0.1, 0.15) is 13.3 Å². The number of ether oxygens (including phenoxy) is 1. The number of alkyl halides is 3. The number of carbonyl (C=O) groups excluding carboxylic acids is 1. The van der Waals surface area contributed by atoms with Gasteiger partial charge in [0.05, 0.1) is 11.5 Å². The van der Waals surface area contributed by atoms with Crippen LogP contribution < -0.4 is 5.32 Å². The van der Waals surface area contributed by atoms with Crippen molar-refractivity contribution in [3.8, 4) is 0 Å². The maximum atomic E-state index is 11.8. The highest BCUT2D eigenvalue weighted by molar-refractivity contribution is 7.91. The van der Waals surface area contributed by atoms with Crippen molar-refractivity contribution in [1.29, 1.82) is 0 Å². The fourth-order valence-corrected chi connectivity index (χ4v) is 3.31. The standard InChI is InChI=1S/C9H14F3NO4S/c1-6(8(14)17-5-9(10,11)12)13-7-2-3-18(15,16)4-7/h6-7,13H,2-5H2,1H3/t6-,7-/m0/s1. The Hall–Kier alpha value is -0.830. The summed E-state index contributed by atoms with van der Waals surface area (Å²) in [5.41, 5.74) is 0. The van der Waals surface area contributed by atoms with Crippen molar-refractivity contribution in [2.75, 3.05) is 18.1 Å². The second-order valence-corrected chi connectivity index (χ2v) is 6.44. The summed E-state index contributed by atoms with van der Waals surface area (Å²) < 4.78 is 61.8. The van der Waals surface area contributed by atoms with Gasteiger partial charge in [0.15, 0.2) is 16.4 Å². The van der Waals surface area contributed by atoms with Gasteiger partial charge < -0.3 is 10.1 Å². The Morgan fingerprint density at radius 2 is 2.11 bits per heavy atom. The van der Waals surface area contributed by atoms with E-state index >= 15 is 0 Å². The molecule has 1 N–H and O–H groups in total. The molecule has 0 saturated carbocycles. The van der Waals surface area contributed by atoms with Crippen LogP contribution in [0.4, 0.5) is 13.2 Å². The molecule has 0 bridgehead atoms. The number of nitrogens with one attached hydrogen (secondary N) is 1. The first kappa shape index (κ1) is 15.2. The molecule has 106 valence electrons. The van der Waals surface area contributed by atoms with Gasteiger partial charge in [0.1, 0.15) is 6.04 Å². The van der Waals surface area contributed by atoms with Gasteiger partial charge in [-0.15, -0.1) is 0 Å². The lowest BCUT2D eigenvalue weighted by molar-refractivity contribution is -0.187. The average molecular weight is 289 g/mol. The molecule has 0 aromatic carbocycles. The second-order valence-electron chi connectivity index (χ2n) is 4.21. The highest BCUT2D eigenvalue weighted by atomic mass is 32.2. The van der Waals surface area contributed by atoms with Gasteiger partial charge in [-0.3, -0.25) is 4.79 Å². The van der Waals surface area contributed by atoms with Gasteiger partial charge in [0, 0.05) is 6.04 Å². The van der Waals surface area contributed by atoms with E-state index in [9.17, 15) is 26.4 Å². The Bertz CT molecular complexity index is 407. The monoisotopic (exact) mass is 289 g/mol. The lowest BCUT2D eigenvalue weighted by Crippen LogP contribution is -2.43. The lowest BCUT2D eigenvalue weighted by atomic mass is 10.2. The summed E-state index contributed by atoms with van der Waals surface area (Å²) in [6, 6.07) is -1.38. The van der Waals surface area contributed by atoms with Crippen molar-refractivity contribution in [1.82, 2.24) is 5.32 Å².